The van der Waals surface area contributed by atoms with Gasteiger partial charge >= 0.3 is 12.1 Å². The first-order chi connectivity index (χ1) is 14.4. The van der Waals surface area contributed by atoms with Crippen LogP contribution in [0.1, 0.15) is 29.0 Å². The summed E-state index contributed by atoms with van der Waals surface area (Å²) < 4.78 is 10.5. The standard InChI is InChI=1S/C22H22N2O6/c23-22(20(26)27,19(25)18-13-16-9-4-5-10-17(16)30-18)11-6-12-24-21(28)29-14-15-7-2-1-3-8-15/h1-5,7-10,13H,6,11-12,14,23H2,(H,24,28)(H,26,27). The van der Waals surface area contributed by atoms with Crippen molar-refractivity contribution in [1.82, 2.24) is 5.32 Å². The van der Waals surface area contributed by atoms with Crippen molar-refractivity contribution in [2.75, 3.05) is 6.54 Å². The van der Waals surface area contributed by atoms with E-state index in [1.807, 2.05) is 30.3 Å². The van der Waals surface area contributed by atoms with E-state index in [0.29, 0.717) is 11.0 Å². The van der Waals surface area contributed by atoms with E-state index in [1.54, 1.807) is 24.3 Å². The molecule has 30 heavy (non-hydrogen) atoms. The van der Waals surface area contributed by atoms with Crippen LogP contribution in [0.2, 0.25) is 0 Å². The molecule has 1 atom stereocenters. The van der Waals surface area contributed by atoms with Crippen LogP contribution in [0.3, 0.4) is 0 Å². The first kappa shape index (κ1) is 21.1. The van der Waals surface area contributed by atoms with Gasteiger partial charge in [-0.25, -0.2) is 9.59 Å². The number of rotatable bonds is 9. The fourth-order valence-corrected chi connectivity index (χ4v) is 2.96. The maximum atomic E-state index is 12.8. The van der Waals surface area contributed by atoms with Crippen LogP contribution in [0.5, 0.6) is 0 Å². The molecule has 0 fully saturated rings. The van der Waals surface area contributed by atoms with E-state index >= 15 is 0 Å². The lowest BCUT2D eigenvalue weighted by Gasteiger charge is -2.22. The zero-order chi connectivity index (χ0) is 21.6. The number of nitrogens with one attached hydrogen (secondary N) is 1. The van der Waals surface area contributed by atoms with Gasteiger partial charge in [0.15, 0.2) is 11.3 Å². The second-order valence-corrected chi connectivity index (χ2v) is 6.85. The molecule has 2 aromatic carbocycles. The van der Waals surface area contributed by atoms with E-state index in [9.17, 15) is 19.5 Å². The lowest BCUT2D eigenvalue weighted by atomic mass is 9.88. The zero-order valence-electron chi connectivity index (χ0n) is 16.2. The summed E-state index contributed by atoms with van der Waals surface area (Å²) >= 11 is 0. The molecule has 0 bridgehead atoms. The van der Waals surface area contributed by atoms with Gasteiger partial charge in [-0.3, -0.25) is 4.79 Å². The number of amides is 1. The van der Waals surface area contributed by atoms with Gasteiger partial charge in [0.1, 0.15) is 12.2 Å². The molecule has 0 aliphatic carbocycles. The molecular weight excluding hydrogens is 388 g/mol. The highest BCUT2D eigenvalue weighted by Crippen LogP contribution is 2.24. The van der Waals surface area contributed by atoms with Crippen LogP contribution < -0.4 is 11.1 Å². The molecule has 4 N–H and O–H groups in total. The highest BCUT2D eigenvalue weighted by molar-refractivity contribution is 6.15. The summed E-state index contributed by atoms with van der Waals surface area (Å²) in [6.45, 7) is 0.223. The molecular formula is C22H22N2O6. The first-order valence-electron chi connectivity index (χ1n) is 9.40. The molecule has 0 aliphatic heterocycles. The molecule has 8 heteroatoms. The lowest BCUT2D eigenvalue weighted by molar-refractivity contribution is -0.141. The monoisotopic (exact) mass is 410 g/mol. The molecule has 1 amide bonds. The fraction of sp³-hybridized carbons (Fsp3) is 0.227. The summed E-state index contributed by atoms with van der Waals surface area (Å²) in [6, 6.07) is 17.6. The number of hydrogen-bond donors (Lipinski definition) is 3. The summed E-state index contributed by atoms with van der Waals surface area (Å²) in [5, 5.41) is 12.8. The molecule has 3 aromatic rings. The number of hydrogen-bond acceptors (Lipinski definition) is 6. The van der Waals surface area contributed by atoms with Crippen molar-refractivity contribution in [3.05, 3.63) is 72.0 Å². The minimum atomic E-state index is -2.16. The minimum absolute atomic E-state index is 0.104. The van der Waals surface area contributed by atoms with E-state index in [1.165, 1.54) is 6.07 Å². The Kier molecular flexibility index (Phi) is 6.48. The molecule has 0 spiro atoms. The van der Waals surface area contributed by atoms with E-state index in [0.717, 1.165) is 5.56 Å². The summed E-state index contributed by atoms with van der Waals surface area (Å²) in [7, 11) is 0. The quantitative estimate of drug-likeness (QED) is 0.280. The molecule has 1 heterocycles. The number of fused-ring (bicyclic) bond motifs is 1. The number of furan rings is 1. The molecule has 1 aromatic heterocycles. The number of ketones is 1. The second kappa shape index (κ2) is 9.23. The normalized spacial score (nSPS) is 12.8. The van der Waals surface area contributed by atoms with Crippen molar-refractivity contribution < 1.29 is 28.6 Å². The molecule has 0 saturated carbocycles. The number of para-hydroxylation sites is 1. The van der Waals surface area contributed by atoms with Gasteiger partial charge in [-0.05, 0) is 30.5 Å². The number of carbonyl (C=O) groups is 3. The highest BCUT2D eigenvalue weighted by atomic mass is 16.5. The van der Waals surface area contributed by atoms with E-state index < -0.39 is 23.4 Å². The van der Waals surface area contributed by atoms with Gasteiger partial charge in [0.2, 0.25) is 5.78 Å². The Balaban J connectivity index is 1.53. The lowest BCUT2D eigenvalue weighted by Crippen LogP contribution is -2.55. The Labute approximate surface area is 172 Å². The predicted octanol–water partition coefficient (Wildman–Crippen LogP) is 3.10. The Hall–Kier alpha value is -3.65. The summed E-state index contributed by atoms with van der Waals surface area (Å²) in [4.78, 5) is 36.3. The third kappa shape index (κ3) is 4.84. The maximum absolute atomic E-state index is 12.8. The average Bonchev–Trinajstić information content (AvgIpc) is 3.19. The number of carboxylic acid groups (broad SMARTS) is 1. The van der Waals surface area contributed by atoms with Crippen LogP contribution in [0.15, 0.2) is 65.1 Å². The van der Waals surface area contributed by atoms with Gasteiger partial charge in [-0.2, -0.15) is 0 Å². The van der Waals surface area contributed by atoms with Gasteiger partial charge in [-0.15, -0.1) is 0 Å². The number of benzene rings is 2. The minimum Gasteiger partial charge on any atom is -0.480 e. The van der Waals surface area contributed by atoms with Crippen LogP contribution in [-0.4, -0.2) is 35.0 Å². The van der Waals surface area contributed by atoms with Crippen LogP contribution in [-0.2, 0) is 16.1 Å². The molecule has 0 radical (unpaired) electrons. The highest BCUT2D eigenvalue weighted by Gasteiger charge is 2.43. The molecule has 0 aliphatic rings. The van der Waals surface area contributed by atoms with Gasteiger partial charge < -0.3 is 25.3 Å². The third-order valence-electron chi connectivity index (χ3n) is 4.67. The number of carbonyl (C=O) groups excluding carboxylic acids is 2. The number of Topliss-reactive ketones (excluding diaryl/α,β-unsaturated/α-hetero) is 1. The van der Waals surface area contributed by atoms with Gasteiger partial charge in [0, 0.05) is 11.9 Å². The average molecular weight is 410 g/mol. The molecule has 1 unspecified atom stereocenters. The number of nitrogens with two attached hydrogens (primary N) is 1. The van der Waals surface area contributed by atoms with Crippen molar-refractivity contribution >= 4 is 28.8 Å². The van der Waals surface area contributed by atoms with Gasteiger partial charge in [0.25, 0.3) is 0 Å². The van der Waals surface area contributed by atoms with E-state index in [-0.39, 0.29) is 31.8 Å². The third-order valence-corrected chi connectivity index (χ3v) is 4.67. The van der Waals surface area contributed by atoms with Crippen molar-refractivity contribution in [2.45, 2.75) is 25.0 Å². The van der Waals surface area contributed by atoms with E-state index in [4.69, 9.17) is 14.9 Å². The summed E-state index contributed by atoms with van der Waals surface area (Å²) in [5.74, 6) is -2.39. The molecule has 3 rings (SSSR count). The number of alkyl carbamates (subject to hydrolysis) is 1. The number of ether oxygens (including phenoxy) is 1. The van der Waals surface area contributed by atoms with Crippen molar-refractivity contribution in [1.29, 1.82) is 0 Å². The molecule has 8 nitrogen and oxygen atoms in total. The fourth-order valence-electron chi connectivity index (χ4n) is 2.96. The largest absolute Gasteiger partial charge is 0.480 e. The topological polar surface area (TPSA) is 132 Å². The Morgan fingerprint density at radius 1 is 1.07 bits per heavy atom. The van der Waals surface area contributed by atoms with Crippen LogP contribution >= 0.6 is 0 Å². The van der Waals surface area contributed by atoms with Crippen LogP contribution in [0.4, 0.5) is 4.79 Å². The number of carboxylic acids is 1. The smallest absolute Gasteiger partial charge is 0.407 e. The van der Waals surface area contributed by atoms with Gasteiger partial charge in [0.05, 0.1) is 0 Å². The Morgan fingerprint density at radius 2 is 1.77 bits per heavy atom. The zero-order valence-corrected chi connectivity index (χ0v) is 16.2. The first-order valence-corrected chi connectivity index (χ1v) is 9.40. The maximum Gasteiger partial charge on any atom is 0.407 e. The van der Waals surface area contributed by atoms with Crippen molar-refractivity contribution in [3.8, 4) is 0 Å². The van der Waals surface area contributed by atoms with Gasteiger partial charge in [-0.1, -0.05) is 48.5 Å². The van der Waals surface area contributed by atoms with Crippen molar-refractivity contribution in [3.63, 3.8) is 0 Å². The molecule has 0 saturated heterocycles. The Bertz CT molecular complexity index is 1010. The number of aliphatic carboxylic acids is 1. The second-order valence-electron chi connectivity index (χ2n) is 6.85. The predicted molar refractivity (Wildman–Crippen MR) is 109 cm³/mol. The van der Waals surface area contributed by atoms with Crippen LogP contribution in [0.25, 0.3) is 11.0 Å². The SMILES string of the molecule is NC(CCCNC(=O)OCc1ccccc1)(C(=O)O)C(=O)c1cc2ccccc2o1. The van der Waals surface area contributed by atoms with E-state index in [2.05, 4.69) is 5.32 Å². The molecule has 156 valence electrons. The summed E-state index contributed by atoms with van der Waals surface area (Å²) in [5.41, 5.74) is 5.09. The van der Waals surface area contributed by atoms with Crippen molar-refractivity contribution in [2.24, 2.45) is 5.73 Å². The Morgan fingerprint density at radius 3 is 2.47 bits per heavy atom. The summed E-state index contributed by atoms with van der Waals surface area (Å²) in [6.07, 6.45) is -0.660. The van der Waals surface area contributed by atoms with Crippen LogP contribution in [0, 0.1) is 0 Å².